The lowest BCUT2D eigenvalue weighted by molar-refractivity contribution is -0.385. The van der Waals surface area contributed by atoms with Crippen LogP contribution in [0.2, 0.25) is 0 Å². The highest BCUT2D eigenvalue weighted by atomic mass is 16.6. The van der Waals surface area contributed by atoms with E-state index in [0.717, 1.165) is 13.0 Å². The standard InChI is InChI=1S/C12H17N3O3/c1-3-7-13-8-12(16)14-10-5-4-6-11(9(10)2)15(17)18/h4-6,13H,3,7-8H2,1-2H3,(H,14,16). The van der Waals surface area contributed by atoms with Crippen molar-refractivity contribution < 1.29 is 9.72 Å². The summed E-state index contributed by atoms with van der Waals surface area (Å²) in [6.45, 7) is 4.60. The SMILES string of the molecule is CCCNCC(=O)Nc1cccc([N+](=O)[O-])c1C. The van der Waals surface area contributed by atoms with Crippen molar-refractivity contribution >= 4 is 17.3 Å². The molecule has 0 radical (unpaired) electrons. The number of anilines is 1. The lowest BCUT2D eigenvalue weighted by Crippen LogP contribution is -2.28. The molecule has 2 N–H and O–H groups in total. The highest BCUT2D eigenvalue weighted by molar-refractivity contribution is 5.93. The zero-order valence-corrected chi connectivity index (χ0v) is 10.5. The normalized spacial score (nSPS) is 10.1. The predicted octanol–water partition coefficient (Wildman–Crippen LogP) is 1.84. The third-order valence-electron chi connectivity index (χ3n) is 2.49. The molecule has 0 heterocycles. The summed E-state index contributed by atoms with van der Waals surface area (Å²) in [7, 11) is 0. The molecule has 0 aliphatic heterocycles. The summed E-state index contributed by atoms with van der Waals surface area (Å²) < 4.78 is 0. The van der Waals surface area contributed by atoms with Crippen LogP contribution < -0.4 is 10.6 Å². The molecular weight excluding hydrogens is 234 g/mol. The van der Waals surface area contributed by atoms with Crippen LogP contribution in [-0.4, -0.2) is 23.9 Å². The lowest BCUT2D eigenvalue weighted by Gasteiger charge is -2.08. The zero-order valence-electron chi connectivity index (χ0n) is 10.5. The quantitative estimate of drug-likeness (QED) is 0.459. The van der Waals surface area contributed by atoms with Crippen LogP contribution in [0.25, 0.3) is 0 Å². The highest BCUT2D eigenvalue weighted by Crippen LogP contribution is 2.24. The van der Waals surface area contributed by atoms with E-state index in [9.17, 15) is 14.9 Å². The van der Waals surface area contributed by atoms with Gasteiger partial charge in [0.2, 0.25) is 5.91 Å². The number of carbonyl (C=O) groups excluding carboxylic acids is 1. The molecule has 0 aliphatic carbocycles. The van der Waals surface area contributed by atoms with Gasteiger partial charge < -0.3 is 10.6 Å². The number of nitrogens with one attached hydrogen (secondary N) is 2. The van der Waals surface area contributed by atoms with Crippen LogP contribution in [0.5, 0.6) is 0 Å². The van der Waals surface area contributed by atoms with E-state index in [-0.39, 0.29) is 18.1 Å². The topological polar surface area (TPSA) is 84.3 Å². The first-order chi connectivity index (χ1) is 8.56. The average molecular weight is 251 g/mol. The van der Waals surface area contributed by atoms with Crippen molar-refractivity contribution in [3.05, 3.63) is 33.9 Å². The second-order valence-electron chi connectivity index (χ2n) is 3.93. The second-order valence-corrected chi connectivity index (χ2v) is 3.93. The van der Waals surface area contributed by atoms with E-state index in [1.807, 2.05) is 6.92 Å². The monoisotopic (exact) mass is 251 g/mol. The van der Waals surface area contributed by atoms with Crippen LogP contribution in [0.1, 0.15) is 18.9 Å². The molecule has 0 fully saturated rings. The molecule has 1 aromatic rings. The molecule has 18 heavy (non-hydrogen) atoms. The van der Waals surface area contributed by atoms with Gasteiger partial charge in [-0.2, -0.15) is 0 Å². The minimum absolute atomic E-state index is 0.00863. The summed E-state index contributed by atoms with van der Waals surface area (Å²) in [6.07, 6.45) is 0.948. The van der Waals surface area contributed by atoms with E-state index in [1.165, 1.54) is 6.07 Å². The Morgan fingerprint density at radius 1 is 1.44 bits per heavy atom. The van der Waals surface area contributed by atoms with Crippen molar-refractivity contribution in [1.82, 2.24) is 5.32 Å². The van der Waals surface area contributed by atoms with Gasteiger partial charge in [-0.15, -0.1) is 0 Å². The smallest absolute Gasteiger partial charge is 0.274 e. The average Bonchev–Trinajstić information content (AvgIpc) is 2.32. The number of nitro groups is 1. The van der Waals surface area contributed by atoms with Crippen LogP contribution >= 0.6 is 0 Å². The van der Waals surface area contributed by atoms with Crippen LogP contribution in [0.15, 0.2) is 18.2 Å². The van der Waals surface area contributed by atoms with Gasteiger partial charge in [0.25, 0.3) is 5.69 Å². The summed E-state index contributed by atoms with van der Waals surface area (Å²) in [5.41, 5.74) is 0.952. The molecule has 98 valence electrons. The summed E-state index contributed by atoms with van der Waals surface area (Å²) in [6, 6.07) is 4.63. The molecule has 0 bridgehead atoms. The molecule has 6 heteroatoms. The Morgan fingerprint density at radius 3 is 2.78 bits per heavy atom. The summed E-state index contributed by atoms with van der Waals surface area (Å²) >= 11 is 0. The molecule has 1 aromatic carbocycles. The first-order valence-corrected chi connectivity index (χ1v) is 5.80. The molecule has 6 nitrogen and oxygen atoms in total. The summed E-state index contributed by atoms with van der Waals surface area (Å²) in [5, 5.41) is 16.4. The number of rotatable bonds is 6. The van der Waals surface area contributed by atoms with Crippen molar-refractivity contribution in [2.75, 3.05) is 18.4 Å². The molecule has 1 amide bonds. The largest absolute Gasteiger partial charge is 0.324 e. The number of hydrogen-bond donors (Lipinski definition) is 2. The molecule has 1 rings (SSSR count). The predicted molar refractivity (Wildman–Crippen MR) is 69.6 cm³/mol. The fraction of sp³-hybridized carbons (Fsp3) is 0.417. The van der Waals surface area contributed by atoms with Gasteiger partial charge in [-0.25, -0.2) is 0 Å². The van der Waals surface area contributed by atoms with Crippen LogP contribution in [-0.2, 0) is 4.79 Å². The Bertz CT molecular complexity index is 446. The van der Waals surface area contributed by atoms with Crippen molar-refractivity contribution in [3.63, 3.8) is 0 Å². The van der Waals surface area contributed by atoms with Gasteiger partial charge in [0.05, 0.1) is 22.7 Å². The van der Waals surface area contributed by atoms with E-state index >= 15 is 0 Å². The maximum atomic E-state index is 11.6. The maximum Gasteiger partial charge on any atom is 0.274 e. The second kappa shape index (κ2) is 6.70. The Kier molecular flexibility index (Phi) is 5.26. The van der Waals surface area contributed by atoms with E-state index in [4.69, 9.17) is 0 Å². The van der Waals surface area contributed by atoms with Gasteiger partial charge in [-0.3, -0.25) is 14.9 Å². The molecule has 0 saturated heterocycles. The molecular formula is C12H17N3O3. The van der Waals surface area contributed by atoms with Gasteiger partial charge in [0.15, 0.2) is 0 Å². The van der Waals surface area contributed by atoms with Crippen LogP contribution in [0.4, 0.5) is 11.4 Å². The molecule has 0 saturated carbocycles. The third-order valence-corrected chi connectivity index (χ3v) is 2.49. The number of nitro benzene ring substituents is 1. The van der Waals surface area contributed by atoms with Crippen molar-refractivity contribution in [3.8, 4) is 0 Å². The summed E-state index contributed by atoms with van der Waals surface area (Å²) in [5.74, 6) is -0.202. The Labute approximate surface area is 106 Å². The lowest BCUT2D eigenvalue weighted by atomic mass is 10.1. The Hall–Kier alpha value is -1.95. The fourth-order valence-corrected chi connectivity index (χ4v) is 1.53. The van der Waals surface area contributed by atoms with Crippen molar-refractivity contribution in [2.45, 2.75) is 20.3 Å². The highest BCUT2D eigenvalue weighted by Gasteiger charge is 2.14. The Balaban J connectivity index is 2.70. The molecule has 0 atom stereocenters. The zero-order chi connectivity index (χ0) is 13.5. The molecule has 0 aliphatic rings. The number of carbonyl (C=O) groups is 1. The van der Waals surface area contributed by atoms with E-state index in [0.29, 0.717) is 11.3 Å². The summed E-state index contributed by atoms with van der Waals surface area (Å²) in [4.78, 5) is 21.9. The number of hydrogen-bond acceptors (Lipinski definition) is 4. The van der Waals surface area contributed by atoms with Gasteiger partial charge in [-0.05, 0) is 26.0 Å². The maximum absolute atomic E-state index is 11.6. The first-order valence-electron chi connectivity index (χ1n) is 5.80. The van der Waals surface area contributed by atoms with Gasteiger partial charge >= 0.3 is 0 Å². The van der Waals surface area contributed by atoms with Crippen LogP contribution in [0, 0.1) is 17.0 Å². The molecule has 0 aromatic heterocycles. The third kappa shape index (κ3) is 3.81. The molecule has 0 unspecified atom stereocenters. The number of benzene rings is 1. The first kappa shape index (κ1) is 14.1. The number of amides is 1. The van der Waals surface area contributed by atoms with E-state index in [2.05, 4.69) is 10.6 Å². The van der Waals surface area contributed by atoms with Gasteiger partial charge in [-0.1, -0.05) is 13.0 Å². The van der Waals surface area contributed by atoms with Crippen molar-refractivity contribution in [1.29, 1.82) is 0 Å². The van der Waals surface area contributed by atoms with Gasteiger partial charge in [0, 0.05) is 6.07 Å². The van der Waals surface area contributed by atoms with Crippen LogP contribution in [0.3, 0.4) is 0 Å². The minimum Gasteiger partial charge on any atom is -0.324 e. The number of nitrogens with zero attached hydrogens (tertiary/aromatic N) is 1. The van der Waals surface area contributed by atoms with Gasteiger partial charge in [0.1, 0.15) is 0 Å². The molecule has 0 spiro atoms. The minimum atomic E-state index is -0.458. The van der Waals surface area contributed by atoms with Crippen molar-refractivity contribution in [2.24, 2.45) is 0 Å². The fourth-order valence-electron chi connectivity index (χ4n) is 1.53. The van der Waals surface area contributed by atoms with E-state index < -0.39 is 4.92 Å². The Morgan fingerprint density at radius 2 is 2.17 bits per heavy atom. The van der Waals surface area contributed by atoms with E-state index in [1.54, 1.807) is 19.1 Å².